The SMILES string of the molecule is COc1ccc(Cn2c(=O)[nH]c3cnc(-n4cnc5cc(C#N)ccc54)nc32)cc1. The van der Waals surface area contributed by atoms with Crippen LogP contribution in [0.2, 0.25) is 0 Å². The Morgan fingerprint density at radius 2 is 2.00 bits per heavy atom. The van der Waals surface area contributed by atoms with Crippen molar-refractivity contribution in [3.63, 3.8) is 0 Å². The molecule has 5 aromatic rings. The lowest BCUT2D eigenvalue weighted by molar-refractivity contribution is 0.414. The van der Waals surface area contributed by atoms with Crippen molar-refractivity contribution in [3.8, 4) is 17.8 Å². The number of nitriles is 1. The second-order valence-electron chi connectivity index (χ2n) is 6.70. The molecule has 3 aromatic heterocycles. The highest BCUT2D eigenvalue weighted by atomic mass is 16.5. The first-order valence-corrected chi connectivity index (χ1v) is 9.12. The number of fused-ring (bicyclic) bond motifs is 2. The molecular weight excluding hydrogens is 382 g/mol. The quantitative estimate of drug-likeness (QED) is 0.498. The van der Waals surface area contributed by atoms with Crippen molar-refractivity contribution in [1.82, 2.24) is 29.1 Å². The van der Waals surface area contributed by atoms with Crippen molar-refractivity contribution in [1.29, 1.82) is 5.26 Å². The third-order valence-corrected chi connectivity index (χ3v) is 4.89. The molecule has 1 N–H and O–H groups in total. The maximum Gasteiger partial charge on any atom is 0.328 e. The molecule has 0 saturated carbocycles. The molecule has 0 atom stereocenters. The highest BCUT2D eigenvalue weighted by molar-refractivity contribution is 5.79. The van der Waals surface area contributed by atoms with Crippen LogP contribution in [-0.4, -0.2) is 36.2 Å². The van der Waals surface area contributed by atoms with Gasteiger partial charge in [0.15, 0.2) is 5.65 Å². The summed E-state index contributed by atoms with van der Waals surface area (Å²) in [6, 6.07) is 14.8. The molecule has 9 heteroatoms. The second-order valence-corrected chi connectivity index (χ2v) is 6.70. The predicted octanol–water partition coefficient (Wildman–Crippen LogP) is 2.39. The van der Waals surface area contributed by atoms with Crippen LogP contribution in [0.1, 0.15) is 11.1 Å². The molecule has 0 fully saturated rings. The zero-order valence-corrected chi connectivity index (χ0v) is 15.9. The van der Waals surface area contributed by atoms with E-state index in [-0.39, 0.29) is 5.69 Å². The Kier molecular flexibility index (Phi) is 4.03. The highest BCUT2D eigenvalue weighted by Crippen LogP contribution is 2.19. The van der Waals surface area contributed by atoms with Crippen LogP contribution >= 0.6 is 0 Å². The zero-order valence-electron chi connectivity index (χ0n) is 15.9. The maximum atomic E-state index is 12.5. The molecule has 2 aromatic carbocycles. The van der Waals surface area contributed by atoms with Crippen LogP contribution in [0.25, 0.3) is 28.1 Å². The van der Waals surface area contributed by atoms with E-state index in [0.29, 0.717) is 34.7 Å². The first-order valence-electron chi connectivity index (χ1n) is 9.12. The Hall–Kier alpha value is -4.45. The lowest BCUT2D eigenvalue weighted by Crippen LogP contribution is -2.18. The molecule has 0 spiro atoms. The predicted molar refractivity (Wildman–Crippen MR) is 110 cm³/mol. The minimum Gasteiger partial charge on any atom is -0.497 e. The number of aromatic amines is 1. The molecule has 3 heterocycles. The summed E-state index contributed by atoms with van der Waals surface area (Å²) < 4.78 is 8.48. The molecule has 146 valence electrons. The molecule has 0 unspecified atom stereocenters. The average molecular weight is 397 g/mol. The van der Waals surface area contributed by atoms with Crippen molar-refractivity contribution in [2.75, 3.05) is 7.11 Å². The molecule has 0 radical (unpaired) electrons. The first-order chi connectivity index (χ1) is 14.7. The van der Waals surface area contributed by atoms with E-state index in [2.05, 4.69) is 26.0 Å². The normalized spacial score (nSPS) is 11.1. The van der Waals surface area contributed by atoms with Gasteiger partial charge in [-0.1, -0.05) is 12.1 Å². The van der Waals surface area contributed by atoms with Gasteiger partial charge in [0.25, 0.3) is 0 Å². The molecule has 0 aliphatic carbocycles. The van der Waals surface area contributed by atoms with Crippen LogP contribution in [0.3, 0.4) is 0 Å². The minimum absolute atomic E-state index is 0.263. The van der Waals surface area contributed by atoms with E-state index in [0.717, 1.165) is 16.8 Å². The Labute approximate surface area is 169 Å². The average Bonchev–Trinajstić information content (AvgIpc) is 3.34. The van der Waals surface area contributed by atoms with Gasteiger partial charge in [-0.25, -0.2) is 14.8 Å². The van der Waals surface area contributed by atoms with Crippen molar-refractivity contribution in [2.45, 2.75) is 6.54 Å². The van der Waals surface area contributed by atoms with Crippen LogP contribution < -0.4 is 10.4 Å². The van der Waals surface area contributed by atoms with Gasteiger partial charge in [-0.2, -0.15) is 10.2 Å². The Balaban J connectivity index is 1.59. The molecule has 0 aliphatic heterocycles. The maximum absolute atomic E-state index is 12.5. The molecule has 5 rings (SSSR count). The van der Waals surface area contributed by atoms with Crippen LogP contribution in [0.4, 0.5) is 0 Å². The van der Waals surface area contributed by atoms with E-state index in [4.69, 9.17) is 10.00 Å². The summed E-state index contributed by atoms with van der Waals surface area (Å²) in [5.74, 6) is 1.14. The van der Waals surface area contributed by atoms with Crippen molar-refractivity contribution < 1.29 is 4.74 Å². The van der Waals surface area contributed by atoms with Gasteiger partial charge in [-0.05, 0) is 35.9 Å². The number of rotatable bonds is 4. The van der Waals surface area contributed by atoms with Gasteiger partial charge in [0, 0.05) is 0 Å². The standard InChI is InChI=1S/C21H15N7O2/c1-30-15-5-2-13(3-6-15)11-27-19-17(25-21(27)29)10-23-20(26-19)28-12-24-16-8-14(9-22)4-7-18(16)28/h2-8,10,12H,11H2,1H3,(H,25,29). The van der Waals surface area contributed by atoms with Crippen LogP contribution in [-0.2, 0) is 6.54 Å². The molecule has 30 heavy (non-hydrogen) atoms. The van der Waals surface area contributed by atoms with Gasteiger partial charge in [0.05, 0.1) is 42.5 Å². The van der Waals surface area contributed by atoms with Gasteiger partial charge in [0.2, 0.25) is 5.95 Å². The second kappa shape index (κ2) is 6.86. The minimum atomic E-state index is -0.263. The molecule has 0 saturated heterocycles. The summed E-state index contributed by atoms with van der Waals surface area (Å²) in [6.45, 7) is 0.357. The number of benzene rings is 2. The van der Waals surface area contributed by atoms with E-state index in [1.807, 2.05) is 24.3 Å². The fourth-order valence-corrected chi connectivity index (χ4v) is 3.35. The van der Waals surface area contributed by atoms with Crippen molar-refractivity contribution in [2.24, 2.45) is 0 Å². The molecule has 9 nitrogen and oxygen atoms in total. The zero-order chi connectivity index (χ0) is 20.7. The summed E-state index contributed by atoms with van der Waals surface area (Å²) in [5, 5.41) is 9.07. The van der Waals surface area contributed by atoms with E-state index in [9.17, 15) is 4.79 Å². The topological polar surface area (TPSA) is 114 Å². The van der Waals surface area contributed by atoms with Gasteiger partial charge < -0.3 is 9.72 Å². The number of nitrogens with one attached hydrogen (secondary N) is 1. The summed E-state index contributed by atoms with van der Waals surface area (Å²) >= 11 is 0. The number of nitrogens with zero attached hydrogens (tertiary/aromatic N) is 6. The summed E-state index contributed by atoms with van der Waals surface area (Å²) in [7, 11) is 1.61. The summed E-state index contributed by atoms with van der Waals surface area (Å²) in [6.07, 6.45) is 3.19. The van der Waals surface area contributed by atoms with Crippen molar-refractivity contribution >= 4 is 22.2 Å². The van der Waals surface area contributed by atoms with Crippen molar-refractivity contribution in [3.05, 3.63) is 76.6 Å². The van der Waals surface area contributed by atoms with Gasteiger partial charge >= 0.3 is 5.69 Å². The monoisotopic (exact) mass is 397 g/mol. The van der Waals surface area contributed by atoms with E-state index >= 15 is 0 Å². The number of imidazole rings is 2. The van der Waals surface area contributed by atoms with E-state index in [1.165, 1.54) is 0 Å². The lowest BCUT2D eigenvalue weighted by Gasteiger charge is -2.06. The first kappa shape index (κ1) is 17.6. The molecule has 0 bridgehead atoms. The number of aromatic nitrogens is 6. The molecule has 0 amide bonds. The highest BCUT2D eigenvalue weighted by Gasteiger charge is 2.13. The van der Waals surface area contributed by atoms with Gasteiger partial charge in [-0.3, -0.25) is 9.13 Å². The number of methoxy groups -OCH3 is 1. The van der Waals surface area contributed by atoms with Crippen LogP contribution in [0.15, 0.2) is 59.8 Å². The summed E-state index contributed by atoms with van der Waals surface area (Å²) in [5.41, 5.74) is 3.70. The van der Waals surface area contributed by atoms with Crippen LogP contribution in [0, 0.1) is 11.3 Å². The fourth-order valence-electron chi connectivity index (χ4n) is 3.35. The Morgan fingerprint density at radius 3 is 2.77 bits per heavy atom. The van der Waals surface area contributed by atoms with Gasteiger partial charge in [0.1, 0.15) is 17.6 Å². The fraction of sp³-hybridized carbons (Fsp3) is 0.0952. The molecule has 0 aliphatic rings. The largest absolute Gasteiger partial charge is 0.497 e. The summed E-state index contributed by atoms with van der Waals surface area (Å²) in [4.78, 5) is 28.6. The Morgan fingerprint density at radius 1 is 1.17 bits per heavy atom. The van der Waals surface area contributed by atoms with Crippen LogP contribution in [0.5, 0.6) is 5.75 Å². The van der Waals surface area contributed by atoms with Gasteiger partial charge in [-0.15, -0.1) is 0 Å². The number of hydrogen-bond donors (Lipinski definition) is 1. The lowest BCUT2D eigenvalue weighted by atomic mass is 10.2. The third kappa shape index (κ3) is 2.87. The number of ether oxygens (including phenoxy) is 1. The number of hydrogen-bond acceptors (Lipinski definition) is 6. The van der Waals surface area contributed by atoms with E-state index < -0.39 is 0 Å². The molecular formula is C21H15N7O2. The smallest absolute Gasteiger partial charge is 0.328 e. The number of H-pyrrole nitrogens is 1. The Bertz CT molecular complexity index is 1490. The third-order valence-electron chi connectivity index (χ3n) is 4.89. The van der Waals surface area contributed by atoms with E-state index in [1.54, 1.807) is 47.0 Å².